The molecule has 1 rings (SSSR count). The number of aliphatic hydroxyl groups excluding tert-OH is 1. The summed E-state index contributed by atoms with van der Waals surface area (Å²) in [5.41, 5.74) is 0.561. The van der Waals surface area contributed by atoms with Crippen molar-refractivity contribution in [2.24, 2.45) is 0 Å². The number of halogens is 1. The number of ether oxygens (including phenoxy) is 1. The van der Waals surface area contributed by atoms with Crippen LogP contribution in [0.1, 0.15) is 31.9 Å². The van der Waals surface area contributed by atoms with Crippen molar-refractivity contribution in [3.05, 3.63) is 29.6 Å². The molecule has 0 bridgehead atoms. The van der Waals surface area contributed by atoms with Crippen molar-refractivity contribution in [3.63, 3.8) is 0 Å². The van der Waals surface area contributed by atoms with Gasteiger partial charge in [-0.2, -0.15) is 0 Å². The Hall–Kier alpha value is -1.09. The van der Waals surface area contributed by atoms with Crippen molar-refractivity contribution in [1.29, 1.82) is 0 Å². The van der Waals surface area contributed by atoms with E-state index in [9.17, 15) is 9.50 Å². The summed E-state index contributed by atoms with van der Waals surface area (Å²) in [7, 11) is 0. The summed E-state index contributed by atoms with van der Waals surface area (Å²) < 4.78 is 18.5. The zero-order valence-electron chi connectivity index (χ0n) is 8.46. The number of hydrogen-bond acceptors (Lipinski definition) is 2. The molecule has 0 saturated heterocycles. The molecule has 0 aromatic heterocycles. The van der Waals surface area contributed by atoms with Crippen LogP contribution in [0.15, 0.2) is 18.2 Å². The molecule has 78 valence electrons. The van der Waals surface area contributed by atoms with Gasteiger partial charge in [-0.25, -0.2) is 4.39 Å². The predicted molar refractivity (Wildman–Crippen MR) is 52.8 cm³/mol. The highest BCUT2D eigenvalue weighted by Gasteiger charge is 2.07. The lowest BCUT2D eigenvalue weighted by atomic mass is 10.1. The third-order valence-corrected chi connectivity index (χ3v) is 1.90. The lowest BCUT2D eigenvalue weighted by Crippen LogP contribution is -1.99. The molecule has 0 aliphatic carbocycles. The van der Waals surface area contributed by atoms with Crippen LogP contribution in [0.4, 0.5) is 4.39 Å². The molecule has 0 fully saturated rings. The fraction of sp³-hybridized carbons (Fsp3) is 0.455. The fourth-order valence-electron chi connectivity index (χ4n) is 1.11. The highest BCUT2D eigenvalue weighted by atomic mass is 19.1. The topological polar surface area (TPSA) is 29.5 Å². The lowest BCUT2D eigenvalue weighted by molar-refractivity contribution is 0.198. The largest absolute Gasteiger partial charge is 0.491 e. The molecule has 2 nitrogen and oxygen atoms in total. The monoisotopic (exact) mass is 198 g/mol. The van der Waals surface area contributed by atoms with E-state index in [-0.39, 0.29) is 5.75 Å². The second-order valence-electron chi connectivity index (χ2n) is 3.21. The number of aliphatic hydroxyl groups is 1. The van der Waals surface area contributed by atoms with Gasteiger partial charge in [-0.1, -0.05) is 13.0 Å². The van der Waals surface area contributed by atoms with Crippen molar-refractivity contribution < 1.29 is 14.2 Å². The third-order valence-electron chi connectivity index (χ3n) is 1.90. The minimum atomic E-state index is -0.648. The maximum atomic E-state index is 13.3. The van der Waals surface area contributed by atoms with Gasteiger partial charge in [-0.05, 0) is 31.0 Å². The van der Waals surface area contributed by atoms with Gasteiger partial charge in [0.25, 0.3) is 0 Å². The Balaban J connectivity index is 2.79. The summed E-state index contributed by atoms with van der Waals surface area (Å²) in [5.74, 6) is -0.173. The molecule has 0 amide bonds. The normalized spacial score (nSPS) is 12.6. The molecular weight excluding hydrogens is 183 g/mol. The minimum absolute atomic E-state index is 0.247. The van der Waals surface area contributed by atoms with Gasteiger partial charge in [0.15, 0.2) is 11.6 Å². The van der Waals surface area contributed by atoms with Gasteiger partial charge >= 0.3 is 0 Å². The van der Waals surface area contributed by atoms with Crippen LogP contribution in [-0.2, 0) is 0 Å². The Morgan fingerprint density at radius 1 is 1.50 bits per heavy atom. The summed E-state index contributed by atoms with van der Waals surface area (Å²) in [5, 5.41) is 9.21. The molecule has 0 radical (unpaired) electrons. The third kappa shape index (κ3) is 2.70. The molecule has 1 unspecified atom stereocenters. The summed E-state index contributed by atoms with van der Waals surface area (Å²) in [4.78, 5) is 0. The van der Waals surface area contributed by atoms with Crippen LogP contribution in [0.2, 0.25) is 0 Å². The molecule has 0 heterocycles. The molecule has 14 heavy (non-hydrogen) atoms. The van der Waals surface area contributed by atoms with Gasteiger partial charge in [0.1, 0.15) is 0 Å². The zero-order chi connectivity index (χ0) is 10.6. The van der Waals surface area contributed by atoms with Crippen LogP contribution in [0.5, 0.6) is 5.75 Å². The molecule has 3 heteroatoms. The summed E-state index contributed by atoms with van der Waals surface area (Å²) >= 11 is 0. The van der Waals surface area contributed by atoms with E-state index in [1.165, 1.54) is 6.07 Å². The molecule has 1 N–H and O–H groups in total. The second kappa shape index (κ2) is 4.96. The highest BCUT2D eigenvalue weighted by Crippen LogP contribution is 2.21. The maximum Gasteiger partial charge on any atom is 0.165 e. The maximum absolute atomic E-state index is 13.3. The molecule has 1 atom stereocenters. The highest BCUT2D eigenvalue weighted by molar-refractivity contribution is 5.30. The zero-order valence-corrected chi connectivity index (χ0v) is 8.46. The molecule has 0 aliphatic rings. The first-order valence-corrected chi connectivity index (χ1v) is 4.75. The van der Waals surface area contributed by atoms with Crippen molar-refractivity contribution >= 4 is 0 Å². The smallest absolute Gasteiger partial charge is 0.165 e. The molecule has 0 aliphatic heterocycles. The van der Waals surface area contributed by atoms with E-state index in [0.29, 0.717) is 12.2 Å². The van der Waals surface area contributed by atoms with Crippen molar-refractivity contribution in [2.45, 2.75) is 26.4 Å². The number of benzene rings is 1. The van der Waals surface area contributed by atoms with Crippen molar-refractivity contribution in [3.8, 4) is 5.75 Å². The molecule has 1 aromatic carbocycles. The summed E-state index contributed by atoms with van der Waals surface area (Å²) in [6.45, 7) is 4.06. The minimum Gasteiger partial charge on any atom is -0.491 e. The van der Waals surface area contributed by atoms with Crippen LogP contribution in [0.25, 0.3) is 0 Å². The summed E-state index contributed by atoms with van der Waals surface area (Å²) in [6.07, 6.45) is 0.196. The Morgan fingerprint density at radius 3 is 2.71 bits per heavy atom. The van der Waals surface area contributed by atoms with E-state index in [1.54, 1.807) is 19.1 Å². The standard InChI is InChI=1S/C11H15FO2/c1-3-6-14-11-5-4-9(8(2)13)7-10(11)12/h4-5,7-8,13H,3,6H2,1-2H3. The second-order valence-corrected chi connectivity index (χ2v) is 3.21. The first-order chi connectivity index (χ1) is 6.65. The average Bonchev–Trinajstić information content (AvgIpc) is 2.15. The fourth-order valence-corrected chi connectivity index (χ4v) is 1.11. The van der Waals surface area contributed by atoms with Gasteiger partial charge in [0.05, 0.1) is 12.7 Å². The van der Waals surface area contributed by atoms with Gasteiger partial charge in [-0.3, -0.25) is 0 Å². The van der Waals surface area contributed by atoms with Gasteiger partial charge in [0, 0.05) is 0 Å². The van der Waals surface area contributed by atoms with E-state index < -0.39 is 11.9 Å². The van der Waals surface area contributed by atoms with Crippen molar-refractivity contribution in [1.82, 2.24) is 0 Å². The van der Waals surface area contributed by atoms with Crippen LogP contribution >= 0.6 is 0 Å². The van der Waals surface area contributed by atoms with Gasteiger partial charge < -0.3 is 9.84 Å². The Morgan fingerprint density at radius 2 is 2.21 bits per heavy atom. The van der Waals surface area contributed by atoms with Crippen LogP contribution < -0.4 is 4.74 Å². The lowest BCUT2D eigenvalue weighted by Gasteiger charge is -2.08. The Bertz CT molecular complexity index is 297. The first kappa shape index (κ1) is 11.0. The Labute approximate surface area is 83.3 Å². The first-order valence-electron chi connectivity index (χ1n) is 4.75. The van der Waals surface area contributed by atoms with E-state index in [1.807, 2.05) is 6.92 Å². The molecule has 1 aromatic rings. The van der Waals surface area contributed by atoms with E-state index >= 15 is 0 Å². The predicted octanol–water partition coefficient (Wildman–Crippen LogP) is 2.67. The van der Waals surface area contributed by atoms with E-state index in [4.69, 9.17) is 4.74 Å². The SMILES string of the molecule is CCCOc1ccc(C(C)O)cc1F. The quantitative estimate of drug-likeness (QED) is 0.806. The van der Waals surface area contributed by atoms with Crippen LogP contribution in [0.3, 0.4) is 0 Å². The molecular formula is C11H15FO2. The molecule has 0 saturated carbocycles. The van der Waals surface area contributed by atoms with Gasteiger partial charge in [0.2, 0.25) is 0 Å². The average molecular weight is 198 g/mol. The van der Waals surface area contributed by atoms with Crippen LogP contribution in [0, 0.1) is 5.82 Å². The van der Waals surface area contributed by atoms with E-state index in [0.717, 1.165) is 6.42 Å². The van der Waals surface area contributed by atoms with Crippen LogP contribution in [-0.4, -0.2) is 11.7 Å². The molecule has 0 spiro atoms. The summed E-state index contributed by atoms with van der Waals surface area (Å²) in [6, 6.07) is 4.52. The number of rotatable bonds is 4. The van der Waals surface area contributed by atoms with Crippen molar-refractivity contribution in [2.75, 3.05) is 6.61 Å². The van der Waals surface area contributed by atoms with Gasteiger partial charge in [-0.15, -0.1) is 0 Å². The number of hydrogen-bond donors (Lipinski definition) is 1. The Kier molecular flexibility index (Phi) is 3.89. The van der Waals surface area contributed by atoms with E-state index in [2.05, 4.69) is 0 Å².